The number of hydrogen-bond donors (Lipinski definition) is 2. The van der Waals surface area contributed by atoms with E-state index in [0.29, 0.717) is 16.9 Å². The maximum Gasteiger partial charge on any atom is 0.416 e. The zero-order chi connectivity index (χ0) is 32.7. The molecule has 5 rings (SSSR count). The number of hydrogen-bond acceptors (Lipinski definition) is 6. The lowest BCUT2D eigenvalue weighted by Gasteiger charge is -2.14. The SMILES string of the molecule is [2H]c1c(NC(=O)c2ccc(C)c(Nc3nccc(-c4cccnc4)n3)c2)c([2H])c(C(F)(F)F)c([2H])c1-n1cnc(C([2H])([2H])[2H])c1. The van der Waals surface area contributed by atoms with Crippen LogP contribution in [0, 0.1) is 13.8 Å². The number of nitrogens with one attached hydrogen (secondary N) is 2. The van der Waals surface area contributed by atoms with E-state index >= 15 is 0 Å². The van der Waals surface area contributed by atoms with Gasteiger partial charge in [0.2, 0.25) is 5.95 Å². The molecule has 0 aliphatic rings. The zero-order valence-corrected chi connectivity index (χ0v) is 20.1. The van der Waals surface area contributed by atoms with Gasteiger partial charge >= 0.3 is 6.18 Å². The van der Waals surface area contributed by atoms with Crippen LogP contribution in [0.2, 0.25) is 0 Å². The van der Waals surface area contributed by atoms with Crippen LogP contribution in [0.5, 0.6) is 0 Å². The van der Waals surface area contributed by atoms with Gasteiger partial charge in [0, 0.05) is 57.1 Å². The van der Waals surface area contributed by atoms with Crippen molar-refractivity contribution in [1.82, 2.24) is 24.5 Å². The molecule has 11 heteroatoms. The summed E-state index contributed by atoms with van der Waals surface area (Å²) in [6.45, 7) is -0.969. The highest BCUT2D eigenvalue weighted by atomic mass is 19.4. The second-order valence-corrected chi connectivity index (χ2v) is 8.25. The smallest absolute Gasteiger partial charge is 0.324 e. The summed E-state index contributed by atoms with van der Waals surface area (Å²) in [5.41, 5.74) is -1.38. The predicted octanol–water partition coefficient (Wildman–Crippen LogP) is 6.36. The van der Waals surface area contributed by atoms with Gasteiger partial charge in [-0.05, 0) is 67.8 Å². The zero-order valence-electron chi connectivity index (χ0n) is 26.1. The standard InChI is InChI=1S/C28H22F3N7O/c1-17-5-6-19(10-25(17)37-27-33-9-7-24(36-27)20-4-3-8-32-14-20)26(39)35-22-11-21(28(29,30)31)12-23(13-22)38-15-18(2)34-16-38/h3-16H,1-2H3,(H,35,39)(H,33,36,37)/i2D3,11D,12D,13D. The van der Waals surface area contributed by atoms with E-state index in [1.165, 1.54) is 18.3 Å². The van der Waals surface area contributed by atoms with Crippen LogP contribution in [0.25, 0.3) is 16.9 Å². The number of halogens is 3. The van der Waals surface area contributed by atoms with Crippen LogP contribution in [-0.4, -0.2) is 30.4 Å². The van der Waals surface area contributed by atoms with E-state index in [-0.39, 0.29) is 11.5 Å². The second-order valence-electron chi connectivity index (χ2n) is 8.25. The molecule has 0 atom stereocenters. The van der Waals surface area contributed by atoms with Crippen LogP contribution in [0.3, 0.4) is 0 Å². The summed E-state index contributed by atoms with van der Waals surface area (Å²) >= 11 is 0. The molecule has 0 fully saturated rings. The highest BCUT2D eigenvalue weighted by molar-refractivity contribution is 6.05. The number of alkyl halides is 3. The third-order valence-corrected chi connectivity index (χ3v) is 5.46. The molecule has 2 N–H and O–H groups in total. The van der Waals surface area contributed by atoms with Gasteiger partial charge < -0.3 is 15.2 Å². The molecule has 0 saturated heterocycles. The maximum atomic E-state index is 14.1. The summed E-state index contributed by atoms with van der Waals surface area (Å²) in [5.74, 6) is -0.753. The number of anilines is 3. The summed E-state index contributed by atoms with van der Waals surface area (Å²) in [6.07, 6.45) is 1.29. The van der Waals surface area contributed by atoms with Gasteiger partial charge in [-0.2, -0.15) is 13.2 Å². The first-order valence-corrected chi connectivity index (χ1v) is 11.3. The highest BCUT2D eigenvalue weighted by Crippen LogP contribution is 2.33. The molecule has 2 aromatic carbocycles. The number of rotatable bonds is 6. The van der Waals surface area contributed by atoms with Crippen molar-refractivity contribution < 1.29 is 26.2 Å². The van der Waals surface area contributed by atoms with Crippen molar-refractivity contribution in [2.45, 2.75) is 20.0 Å². The topological polar surface area (TPSA) is 97.6 Å². The summed E-state index contributed by atoms with van der Waals surface area (Å²) in [5, 5.41) is 5.23. The quantitative estimate of drug-likeness (QED) is 0.263. The maximum absolute atomic E-state index is 14.1. The Balaban J connectivity index is 1.51. The van der Waals surface area contributed by atoms with Crippen molar-refractivity contribution in [3.05, 3.63) is 108 Å². The van der Waals surface area contributed by atoms with Crippen LogP contribution in [0.1, 0.15) is 35.4 Å². The Kier molecular flexibility index (Phi) is 5.07. The Bertz CT molecular complexity index is 1910. The molecule has 196 valence electrons. The molecule has 39 heavy (non-hydrogen) atoms. The lowest BCUT2D eigenvalue weighted by Crippen LogP contribution is -2.14. The highest BCUT2D eigenvalue weighted by Gasteiger charge is 2.31. The lowest BCUT2D eigenvalue weighted by atomic mass is 10.1. The minimum atomic E-state index is -5.21. The van der Waals surface area contributed by atoms with E-state index in [2.05, 4.69) is 30.6 Å². The summed E-state index contributed by atoms with van der Waals surface area (Å²) in [6, 6.07) is 6.29. The van der Waals surface area contributed by atoms with Crippen molar-refractivity contribution in [2.75, 3.05) is 10.6 Å². The molecular formula is C28H22F3N7O. The number of carbonyl (C=O) groups excluding carboxylic acids is 1. The fourth-order valence-corrected chi connectivity index (χ4v) is 3.53. The van der Waals surface area contributed by atoms with Crippen LogP contribution in [0.15, 0.2) is 85.6 Å². The van der Waals surface area contributed by atoms with E-state index in [1.54, 1.807) is 37.5 Å². The number of pyridine rings is 1. The number of aromatic nitrogens is 5. The van der Waals surface area contributed by atoms with E-state index in [4.69, 9.17) is 8.22 Å². The Morgan fingerprint density at radius 1 is 1.10 bits per heavy atom. The fourth-order valence-electron chi connectivity index (χ4n) is 3.53. The summed E-state index contributed by atoms with van der Waals surface area (Å²) in [4.78, 5) is 29.7. The van der Waals surface area contributed by atoms with Crippen LogP contribution >= 0.6 is 0 Å². The predicted molar refractivity (Wildman–Crippen MR) is 141 cm³/mol. The third kappa shape index (κ3) is 5.93. The Morgan fingerprint density at radius 3 is 2.72 bits per heavy atom. The van der Waals surface area contributed by atoms with Gasteiger partial charge in [0.1, 0.15) is 0 Å². The third-order valence-electron chi connectivity index (χ3n) is 5.46. The van der Waals surface area contributed by atoms with Gasteiger partial charge in [0.05, 0.1) is 27.4 Å². The molecule has 0 spiro atoms. The van der Waals surface area contributed by atoms with Gasteiger partial charge in [-0.3, -0.25) is 9.78 Å². The van der Waals surface area contributed by atoms with Crippen LogP contribution < -0.4 is 10.6 Å². The molecule has 0 radical (unpaired) electrons. The molecule has 8 nitrogen and oxygen atoms in total. The minimum absolute atomic E-state index is 0.0392. The fraction of sp³-hybridized carbons (Fsp3) is 0.107. The number of aryl methyl sites for hydroxylation is 2. The molecule has 0 aliphatic heterocycles. The molecule has 0 aliphatic carbocycles. The van der Waals surface area contributed by atoms with E-state index < -0.39 is 59.7 Å². The van der Waals surface area contributed by atoms with Crippen molar-refractivity contribution in [1.29, 1.82) is 0 Å². The van der Waals surface area contributed by atoms with E-state index in [1.807, 2.05) is 6.07 Å². The Hall–Kier alpha value is -5.06. The Morgan fingerprint density at radius 2 is 1.97 bits per heavy atom. The first-order chi connectivity index (χ1) is 21.1. The first-order valence-electron chi connectivity index (χ1n) is 14.3. The van der Waals surface area contributed by atoms with Gasteiger partial charge in [-0.1, -0.05) is 6.07 Å². The molecule has 3 aromatic heterocycles. The Labute approximate surface area is 230 Å². The second kappa shape index (κ2) is 10.4. The molecule has 0 saturated carbocycles. The molecule has 5 aromatic rings. The average Bonchev–Trinajstić information content (AvgIpc) is 3.47. The van der Waals surface area contributed by atoms with Gasteiger partial charge in [-0.15, -0.1) is 0 Å². The number of benzene rings is 2. The molecule has 1 amide bonds. The molecule has 0 unspecified atom stereocenters. The van der Waals surface area contributed by atoms with Gasteiger partial charge in [0.25, 0.3) is 5.91 Å². The number of nitrogens with zero attached hydrogens (tertiary/aromatic N) is 5. The monoisotopic (exact) mass is 535 g/mol. The molecular weight excluding hydrogens is 507 g/mol. The lowest BCUT2D eigenvalue weighted by molar-refractivity contribution is -0.137. The van der Waals surface area contributed by atoms with E-state index in [9.17, 15) is 18.0 Å². The van der Waals surface area contributed by atoms with Crippen molar-refractivity contribution in [3.8, 4) is 16.9 Å². The molecule has 3 heterocycles. The average molecular weight is 536 g/mol. The van der Waals surface area contributed by atoms with E-state index in [0.717, 1.165) is 22.7 Å². The minimum Gasteiger partial charge on any atom is -0.324 e. The molecule has 0 bridgehead atoms. The summed E-state index contributed by atoms with van der Waals surface area (Å²) in [7, 11) is 0. The van der Waals surface area contributed by atoms with Crippen molar-refractivity contribution in [3.63, 3.8) is 0 Å². The van der Waals surface area contributed by atoms with Crippen molar-refractivity contribution in [2.24, 2.45) is 0 Å². The van der Waals surface area contributed by atoms with Crippen molar-refractivity contribution >= 4 is 23.2 Å². The first kappa shape index (κ1) is 19.1. The number of carbonyl (C=O) groups is 1. The normalized spacial score (nSPS) is 13.8. The largest absolute Gasteiger partial charge is 0.416 e. The number of amides is 1. The van der Waals surface area contributed by atoms with Crippen LogP contribution in [0.4, 0.5) is 30.5 Å². The van der Waals surface area contributed by atoms with Gasteiger partial charge in [0.15, 0.2) is 0 Å². The number of imidazole rings is 1. The van der Waals surface area contributed by atoms with Gasteiger partial charge in [-0.25, -0.2) is 15.0 Å². The van der Waals surface area contributed by atoms with Crippen LogP contribution in [-0.2, 0) is 6.18 Å². The summed E-state index contributed by atoms with van der Waals surface area (Å²) < 4.78 is 90.4.